The Morgan fingerprint density at radius 2 is 1.78 bits per heavy atom. The second kappa shape index (κ2) is 7.32. The molecule has 1 aromatic heterocycles. The number of carbonyl (C=O) groups is 2. The highest BCUT2D eigenvalue weighted by Crippen LogP contribution is 2.16. The summed E-state index contributed by atoms with van der Waals surface area (Å²) in [6.45, 7) is 5.81. The third kappa shape index (κ3) is 4.35. The predicted molar refractivity (Wildman–Crippen MR) is 87.4 cm³/mol. The molecule has 0 aliphatic rings. The molecule has 122 valence electrons. The van der Waals surface area contributed by atoms with Crippen molar-refractivity contribution in [3.8, 4) is 0 Å². The van der Waals surface area contributed by atoms with Gasteiger partial charge in [0.15, 0.2) is 0 Å². The minimum Gasteiger partial charge on any atom is -0.350 e. The summed E-state index contributed by atoms with van der Waals surface area (Å²) in [6, 6.07) is 4.32. The number of hydrogen-bond acceptors (Lipinski definition) is 4. The van der Waals surface area contributed by atoms with Crippen LogP contribution in [0.25, 0.3) is 0 Å². The fourth-order valence-corrected chi connectivity index (χ4v) is 2.85. The van der Waals surface area contributed by atoms with Crippen LogP contribution < -0.4 is 10.6 Å². The summed E-state index contributed by atoms with van der Waals surface area (Å²) in [5.74, 6) is -0.992. The topological polar surface area (TPSA) is 71.1 Å². The number of carbonyl (C=O) groups excluding carboxylic acids is 2. The van der Waals surface area contributed by atoms with Gasteiger partial charge in [-0.05, 0) is 38.5 Å². The van der Waals surface area contributed by atoms with Gasteiger partial charge in [-0.2, -0.15) is 0 Å². The van der Waals surface area contributed by atoms with Gasteiger partial charge in [0.25, 0.3) is 11.8 Å². The molecule has 0 aliphatic heterocycles. The van der Waals surface area contributed by atoms with Crippen molar-refractivity contribution in [3.05, 3.63) is 50.7 Å². The summed E-state index contributed by atoms with van der Waals surface area (Å²) in [5, 5.41) is 6.20. The van der Waals surface area contributed by atoms with E-state index in [1.807, 2.05) is 6.92 Å². The van der Waals surface area contributed by atoms with Crippen molar-refractivity contribution in [1.82, 2.24) is 15.6 Å². The van der Waals surface area contributed by atoms with Crippen LogP contribution in [0.4, 0.5) is 4.39 Å². The third-order valence-corrected chi connectivity index (χ3v) is 4.31. The fraction of sp³-hybridized carbons (Fsp3) is 0.312. The lowest BCUT2D eigenvalue weighted by Gasteiger charge is -2.07. The Morgan fingerprint density at radius 1 is 1.13 bits per heavy atom. The molecule has 0 spiro atoms. The molecule has 2 N–H and O–H groups in total. The smallest absolute Gasteiger partial charge is 0.263 e. The zero-order chi connectivity index (χ0) is 17.0. The van der Waals surface area contributed by atoms with Crippen LogP contribution in [-0.4, -0.2) is 29.9 Å². The van der Waals surface area contributed by atoms with E-state index in [1.54, 1.807) is 26.0 Å². The van der Waals surface area contributed by atoms with Crippen LogP contribution in [0, 0.1) is 26.6 Å². The molecule has 7 heteroatoms. The van der Waals surface area contributed by atoms with E-state index < -0.39 is 5.82 Å². The molecule has 23 heavy (non-hydrogen) atoms. The minimum absolute atomic E-state index is 0.205. The number of amides is 2. The van der Waals surface area contributed by atoms with E-state index in [-0.39, 0.29) is 30.5 Å². The largest absolute Gasteiger partial charge is 0.350 e. The van der Waals surface area contributed by atoms with E-state index in [0.717, 1.165) is 5.01 Å². The number of aryl methyl sites for hydroxylation is 3. The predicted octanol–water partition coefficient (Wildman–Crippen LogP) is 2.37. The van der Waals surface area contributed by atoms with Crippen molar-refractivity contribution < 1.29 is 14.0 Å². The second-order valence-electron chi connectivity index (χ2n) is 5.12. The molecule has 2 amide bonds. The highest BCUT2D eigenvalue weighted by molar-refractivity contribution is 7.13. The maximum absolute atomic E-state index is 13.4. The number of benzene rings is 1. The minimum atomic E-state index is -0.415. The summed E-state index contributed by atoms with van der Waals surface area (Å²) in [6.07, 6.45) is 0. The first kappa shape index (κ1) is 17.1. The van der Waals surface area contributed by atoms with Crippen LogP contribution in [0.5, 0.6) is 0 Å². The molecule has 0 radical (unpaired) electrons. The van der Waals surface area contributed by atoms with Gasteiger partial charge in [0.2, 0.25) is 0 Å². The summed E-state index contributed by atoms with van der Waals surface area (Å²) < 4.78 is 13.4. The zero-order valence-electron chi connectivity index (χ0n) is 13.2. The van der Waals surface area contributed by atoms with Crippen molar-refractivity contribution in [2.45, 2.75) is 20.8 Å². The summed E-state index contributed by atoms with van der Waals surface area (Å²) in [7, 11) is 0. The lowest BCUT2D eigenvalue weighted by Crippen LogP contribution is -2.34. The molecule has 0 fully saturated rings. The average molecular weight is 335 g/mol. The SMILES string of the molecule is Cc1nc(C)c(C(=O)NCCNC(=O)c2ccc(C)c(F)c2)s1. The van der Waals surface area contributed by atoms with E-state index in [1.165, 1.54) is 17.4 Å². The number of nitrogens with zero attached hydrogens (tertiary/aromatic N) is 1. The van der Waals surface area contributed by atoms with Crippen molar-refractivity contribution in [3.63, 3.8) is 0 Å². The first-order valence-corrected chi connectivity index (χ1v) is 7.96. The fourth-order valence-electron chi connectivity index (χ4n) is 2.01. The summed E-state index contributed by atoms with van der Waals surface area (Å²) >= 11 is 1.33. The standard InChI is InChI=1S/C16H18FN3O2S/c1-9-4-5-12(8-13(9)17)15(21)18-6-7-19-16(22)14-10(2)20-11(3)23-14/h4-5,8H,6-7H2,1-3H3,(H,18,21)(H,19,22). The first-order chi connectivity index (χ1) is 10.9. The van der Waals surface area contributed by atoms with Crippen molar-refractivity contribution in [2.24, 2.45) is 0 Å². The van der Waals surface area contributed by atoms with Crippen LogP contribution in [0.3, 0.4) is 0 Å². The van der Waals surface area contributed by atoms with E-state index >= 15 is 0 Å². The van der Waals surface area contributed by atoms with E-state index in [2.05, 4.69) is 15.6 Å². The van der Waals surface area contributed by atoms with Crippen molar-refractivity contribution >= 4 is 23.2 Å². The van der Waals surface area contributed by atoms with Gasteiger partial charge in [0.05, 0.1) is 10.7 Å². The Labute approximate surface area is 137 Å². The Bertz CT molecular complexity index is 743. The molecule has 0 saturated heterocycles. The Balaban J connectivity index is 1.81. The highest BCUT2D eigenvalue weighted by atomic mass is 32.1. The summed E-state index contributed by atoms with van der Waals surface area (Å²) in [5.41, 5.74) is 1.45. The van der Waals surface area contributed by atoms with Gasteiger partial charge >= 0.3 is 0 Å². The van der Waals surface area contributed by atoms with E-state index in [0.29, 0.717) is 16.1 Å². The maximum Gasteiger partial charge on any atom is 0.263 e. The Hall–Kier alpha value is -2.28. The number of aromatic nitrogens is 1. The van der Waals surface area contributed by atoms with Crippen LogP contribution in [0.2, 0.25) is 0 Å². The molecular formula is C16H18FN3O2S. The molecule has 0 aliphatic carbocycles. The van der Waals surface area contributed by atoms with Gasteiger partial charge < -0.3 is 10.6 Å². The highest BCUT2D eigenvalue weighted by Gasteiger charge is 2.13. The molecule has 2 rings (SSSR count). The maximum atomic E-state index is 13.4. The van der Waals surface area contributed by atoms with Gasteiger partial charge in [-0.3, -0.25) is 9.59 Å². The number of nitrogens with one attached hydrogen (secondary N) is 2. The molecular weight excluding hydrogens is 317 g/mol. The normalized spacial score (nSPS) is 10.4. The number of hydrogen-bond donors (Lipinski definition) is 2. The van der Waals surface area contributed by atoms with Gasteiger partial charge in [-0.15, -0.1) is 11.3 Å². The van der Waals surface area contributed by atoms with Gasteiger partial charge in [0.1, 0.15) is 10.7 Å². The molecule has 1 heterocycles. The lowest BCUT2D eigenvalue weighted by molar-refractivity contribution is 0.0929. The average Bonchev–Trinajstić information content (AvgIpc) is 2.84. The van der Waals surface area contributed by atoms with Gasteiger partial charge in [-0.25, -0.2) is 9.37 Å². The molecule has 1 aromatic carbocycles. The quantitative estimate of drug-likeness (QED) is 0.824. The van der Waals surface area contributed by atoms with Crippen molar-refractivity contribution in [1.29, 1.82) is 0 Å². The molecule has 5 nitrogen and oxygen atoms in total. The Morgan fingerprint density at radius 3 is 2.35 bits per heavy atom. The van der Waals surface area contributed by atoms with Crippen LogP contribution in [0.15, 0.2) is 18.2 Å². The molecule has 0 unspecified atom stereocenters. The van der Waals surface area contributed by atoms with E-state index in [9.17, 15) is 14.0 Å². The molecule has 0 saturated carbocycles. The third-order valence-electron chi connectivity index (χ3n) is 3.24. The monoisotopic (exact) mass is 335 g/mol. The Kier molecular flexibility index (Phi) is 5.44. The van der Waals surface area contributed by atoms with Gasteiger partial charge in [-0.1, -0.05) is 6.07 Å². The van der Waals surface area contributed by atoms with Crippen LogP contribution in [-0.2, 0) is 0 Å². The molecule has 2 aromatic rings. The molecule has 0 bridgehead atoms. The molecule has 0 atom stereocenters. The number of thiazole rings is 1. The van der Waals surface area contributed by atoms with E-state index in [4.69, 9.17) is 0 Å². The number of halogens is 1. The summed E-state index contributed by atoms with van der Waals surface area (Å²) in [4.78, 5) is 28.6. The zero-order valence-corrected chi connectivity index (χ0v) is 14.0. The van der Waals surface area contributed by atoms with Crippen LogP contribution in [0.1, 0.15) is 36.3 Å². The van der Waals surface area contributed by atoms with Crippen LogP contribution >= 0.6 is 11.3 Å². The lowest BCUT2D eigenvalue weighted by atomic mass is 10.1. The van der Waals surface area contributed by atoms with Gasteiger partial charge in [0, 0.05) is 18.7 Å². The number of rotatable bonds is 5. The second-order valence-corrected chi connectivity index (χ2v) is 6.33. The van der Waals surface area contributed by atoms with Crippen molar-refractivity contribution in [2.75, 3.05) is 13.1 Å². The first-order valence-electron chi connectivity index (χ1n) is 7.15.